The van der Waals surface area contributed by atoms with Gasteiger partial charge in [0.25, 0.3) is 5.56 Å². The van der Waals surface area contributed by atoms with Crippen LogP contribution in [-0.2, 0) is 6.54 Å². The van der Waals surface area contributed by atoms with Crippen molar-refractivity contribution in [3.8, 4) is 0 Å². The van der Waals surface area contributed by atoms with E-state index in [0.29, 0.717) is 17.1 Å². The predicted octanol–water partition coefficient (Wildman–Crippen LogP) is 0.674. The summed E-state index contributed by atoms with van der Waals surface area (Å²) in [6.45, 7) is 4.05. The molecule has 0 bridgehead atoms. The van der Waals surface area contributed by atoms with Crippen LogP contribution in [0.4, 0.5) is 5.82 Å². The maximum absolute atomic E-state index is 10.8. The summed E-state index contributed by atoms with van der Waals surface area (Å²) in [7, 11) is 0. The Kier molecular flexibility index (Phi) is 2.44. The van der Waals surface area contributed by atoms with E-state index in [-0.39, 0.29) is 5.56 Å². The van der Waals surface area contributed by atoms with E-state index in [9.17, 15) is 4.79 Å². The second-order valence-corrected chi connectivity index (χ2v) is 2.65. The van der Waals surface area contributed by atoms with Crippen molar-refractivity contribution in [3.05, 3.63) is 33.8 Å². The molecule has 0 saturated carbocycles. The van der Waals surface area contributed by atoms with Gasteiger partial charge in [0.1, 0.15) is 5.82 Å². The molecular weight excluding hydrogens is 174 g/mol. The first-order valence-electron chi connectivity index (χ1n) is 3.35. The summed E-state index contributed by atoms with van der Waals surface area (Å²) in [5, 5.41) is 0. The second kappa shape index (κ2) is 3.36. The van der Waals surface area contributed by atoms with Crippen LogP contribution < -0.4 is 11.3 Å². The van der Waals surface area contributed by atoms with Crippen molar-refractivity contribution in [2.75, 3.05) is 5.73 Å². The highest BCUT2D eigenvalue weighted by Gasteiger charge is 1.96. The number of nitrogens with zero attached hydrogens (tertiary/aromatic N) is 1. The molecule has 12 heavy (non-hydrogen) atoms. The summed E-state index contributed by atoms with van der Waals surface area (Å²) < 4.78 is 1.91. The molecule has 64 valence electrons. The van der Waals surface area contributed by atoms with Gasteiger partial charge in [0, 0.05) is 12.6 Å². The molecule has 0 saturated heterocycles. The van der Waals surface area contributed by atoms with Gasteiger partial charge >= 0.3 is 0 Å². The van der Waals surface area contributed by atoms with Gasteiger partial charge < -0.3 is 10.3 Å². The number of nitrogen functional groups attached to an aromatic ring is 1. The van der Waals surface area contributed by atoms with Gasteiger partial charge in [-0.2, -0.15) is 0 Å². The fourth-order valence-electron chi connectivity index (χ4n) is 0.856. The van der Waals surface area contributed by atoms with Gasteiger partial charge in [-0.15, -0.1) is 6.58 Å². The standard InChI is InChI=1S/C7H9N3OS/c1-2-3-10-5(8)4-6(11)9-7(10)12/h2,4H,1,3,8H2,(H,9,11,12). The zero-order valence-electron chi connectivity index (χ0n) is 6.41. The average molecular weight is 183 g/mol. The van der Waals surface area contributed by atoms with Crippen LogP contribution >= 0.6 is 12.2 Å². The molecule has 0 aromatic carbocycles. The van der Waals surface area contributed by atoms with Crippen molar-refractivity contribution in [1.29, 1.82) is 0 Å². The summed E-state index contributed by atoms with van der Waals surface area (Å²) in [5.41, 5.74) is 5.26. The Balaban J connectivity index is 3.38. The molecule has 0 radical (unpaired) electrons. The molecule has 0 aliphatic heterocycles. The van der Waals surface area contributed by atoms with Crippen LogP contribution in [0.3, 0.4) is 0 Å². The quantitative estimate of drug-likeness (QED) is 0.523. The highest BCUT2D eigenvalue weighted by atomic mass is 32.1. The fourth-order valence-corrected chi connectivity index (χ4v) is 1.14. The molecule has 0 amide bonds. The Morgan fingerprint density at radius 3 is 3.00 bits per heavy atom. The summed E-state index contributed by atoms with van der Waals surface area (Å²) in [4.78, 5) is 13.3. The van der Waals surface area contributed by atoms with Crippen molar-refractivity contribution < 1.29 is 0 Å². The molecule has 5 heteroatoms. The lowest BCUT2D eigenvalue weighted by Crippen LogP contribution is -2.15. The smallest absolute Gasteiger partial charge is 0.253 e. The molecule has 0 aliphatic carbocycles. The molecule has 1 aromatic rings. The third-order valence-corrected chi connectivity index (χ3v) is 1.70. The van der Waals surface area contributed by atoms with Crippen molar-refractivity contribution in [2.45, 2.75) is 6.54 Å². The number of aromatic nitrogens is 2. The highest BCUT2D eigenvalue weighted by Crippen LogP contribution is 1.98. The highest BCUT2D eigenvalue weighted by molar-refractivity contribution is 7.71. The number of allylic oxidation sites excluding steroid dienone is 1. The summed E-state index contributed by atoms with van der Waals surface area (Å²) in [5.74, 6) is 0.351. The van der Waals surface area contributed by atoms with Gasteiger partial charge in [0.15, 0.2) is 4.77 Å². The van der Waals surface area contributed by atoms with Gasteiger partial charge in [-0.1, -0.05) is 6.08 Å². The van der Waals surface area contributed by atoms with E-state index in [1.807, 2.05) is 0 Å². The lowest BCUT2D eigenvalue weighted by molar-refractivity contribution is 0.777. The third kappa shape index (κ3) is 1.62. The number of hydrogen-bond donors (Lipinski definition) is 2. The summed E-state index contributed by atoms with van der Waals surface area (Å²) in [6, 6.07) is 1.29. The van der Waals surface area contributed by atoms with Crippen LogP contribution in [0.25, 0.3) is 0 Å². The Morgan fingerprint density at radius 1 is 1.83 bits per heavy atom. The van der Waals surface area contributed by atoms with Gasteiger partial charge in [-0.25, -0.2) is 0 Å². The predicted molar refractivity (Wildman–Crippen MR) is 50.5 cm³/mol. The van der Waals surface area contributed by atoms with Crippen LogP contribution in [0.2, 0.25) is 0 Å². The van der Waals surface area contributed by atoms with Crippen LogP contribution in [0.1, 0.15) is 0 Å². The minimum absolute atomic E-state index is 0.280. The molecule has 1 heterocycles. The second-order valence-electron chi connectivity index (χ2n) is 2.26. The third-order valence-electron chi connectivity index (χ3n) is 1.38. The number of hydrogen-bond acceptors (Lipinski definition) is 3. The average Bonchev–Trinajstić information content (AvgIpc) is 1.96. The van der Waals surface area contributed by atoms with Crippen molar-refractivity contribution in [2.24, 2.45) is 0 Å². The van der Waals surface area contributed by atoms with Crippen LogP contribution in [0.5, 0.6) is 0 Å². The number of rotatable bonds is 2. The monoisotopic (exact) mass is 183 g/mol. The molecular formula is C7H9N3OS. The topological polar surface area (TPSA) is 63.8 Å². The molecule has 3 N–H and O–H groups in total. The first kappa shape index (κ1) is 8.73. The molecule has 0 fully saturated rings. The number of aromatic amines is 1. The van der Waals surface area contributed by atoms with E-state index >= 15 is 0 Å². The number of nitrogens with two attached hydrogens (primary N) is 1. The number of anilines is 1. The van der Waals surface area contributed by atoms with Gasteiger partial charge in [0.05, 0.1) is 0 Å². The van der Waals surface area contributed by atoms with E-state index in [1.54, 1.807) is 10.6 Å². The van der Waals surface area contributed by atoms with Gasteiger partial charge in [-0.05, 0) is 12.2 Å². The number of H-pyrrole nitrogens is 1. The molecule has 4 nitrogen and oxygen atoms in total. The first-order valence-corrected chi connectivity index (χ1v) is 3.76. The maximum Gasteiger partial charge on any atom is 0.253 e. The minimum Gasteiger partial charge on any atom is -0.385 e. The van der Waals surface area contributed by atoms with E-state index in [4.69, 9.17) is 18.0 Å². The Bertz CT molecular complexity index is 404. The summed E-state index contributed by atoms with van der Waals surface area (Å²) in [6.07, 6.45) is 1.66. The fraction of sp³-hybridized carbons (Fsp3) is 0.143. The van der Waals surface area contributed by atoms with Crippen LogP contribution in [-0.4, -0.2) is 9.55 Å². The molecule has 1 rings (SSSR count). The Morgan fingerprint density at radius 2 is 2.50 bits per heavy atom. The molecule has 0 spiro atoms. The SMILES string of the molecule is C=CCn1c(N)cc(=O)[nH]c1=S. The van der Waals surface area contributed by atoms with E-state index < -0.39 is 0 Å². The van der Waals surface area contributed by atoms with Crippen molar-refractivity contribution >= 4 is 18.0 Å². The molecule has 0 atom stereocenters. The zero-order chi connectivity index (χ0) is 9.14. The molecule has 0 unspecified atom stereocenters. The van der Waals surface area contributed by atoms with E-state index in [0.717, 1.165) is 0 Å². The lowest BCUT2D eigenvalue weighted by atomic mass is 10.5. The molecule has 0 aliphatic rings. The van der Waals surface area contributed by atoms with E-state index in [2.05, 4.69) is 11.6 Å². The maximum atomic E-state index is 10.8. The van der Waals surface area contributed by atoms with Crippen LogP contribution in [0, 0.1) is 4.77 Å². The van der Waals surface area contributed by atoms with Crippen molar-refractivity contribution in [1.82, 2.24) is 9.55 Å². The summed E-state index contributed by atoms with van der Waals surface area (Å²) >= 11 is 4.87. The largest absolute Gasteiger partial charge is 0.385 e. The van der Waals surface area contributed by atoms with Crippen molar-refractivity contribution in [3.63, 3.8) is 0 Å². The first-order chi connectivity index (χ1) is 5.65. The minimum atomic E-state index is -0.280. The Labute approximate surface area is 74.3 Å². The lowest BCUT2D eigenvalue weighted by Gasteiger charge is -2.05. The van der Waals surface area contributed by atoms with Gasteiger partial charge in [0.2, 0.25) is 0 Å². The molecule has 1 aromatic heterocycles. The normalized spacial score (nSPS) is 9.67. The van der Waals surface area contributed by atoms with E-state index in [1.165, 1.54) is 6.07 Å². The zero-order valence-corrected chi connectivity index (χ0v) is 7.23. The van der Waals surface area contributed by atoms with Gasteiger partial charge in [-0.3, -0.25) is 9.78 Å². The Hall–Kier alpha value is -1.36. The van der Waals surface area contributed by atoms with Crippen LogP contribution in [0.15, 0.2) is 23.5 Å². The number of nitrogens with one attached hydrogen (secondary N) is 1.